The minimum absolute atomic E-state index is 0.394. The van der Waals surface area contributed by atoms with E-state index in [1.54, 1.807) is 6.07 Å². The largest absolute Gasteiger partial charge is 0.449 e. The molecule has 0 radical (unpaired) electrons. The van der Waals surface area contributed by atoms with Gasteiger partial charge in [0.15, 0.2) is 0 Å². The molecular formula is C14H20N2O. The summed E-state index contributed by atoms with van der Waals surface area (Å²) in [7, 11) is 0. The summed E-state index contributed by atoms with van der Waals surface area (Å²) in [5, 5.41) is 12.2. The monoisotopic (exact) mass is 232 g/mol. The Morgan fingerprint density at radius 3 is 3.00 bits per heavy atom. The molecule has 1 aromatic rings. The maximum Gasteiger partial charge on any atom is 0.203 e. The van der Waals surface area contributed by atoms with Crippen LogP contribution in [0.4, 0.5) is 0 Å². The maximum atomic E-state index is 8.67. The third kappa shape index (κ3) is 3.34. The average molecular weight is 232 g/mol. The van der Waals surface area contributed by atoms with E-state index in [4.69, 9.17) is 9.68 Å². The maximum absolute atomic E-state index is 8.67. The molecule has 0 saturated heterocycles. The summed E-state index contributed by atoms with van der Waals surface area (Å²) in [6.45, 7) is 5.39. The highest BCUT2D eigenvalue weighted by Gasteiger charge is 2.27. The third-order valence-electron chi connectivity index (χ3n) is 3.54. The van der Waals surface area contributed by atoms with Crippen LogP contribution in [0.3, 0.4) is 0 Å². The van der Waals surface area contributed by atoms with Crippen LogP contribution in [0.1, 0.15) is 51.1 Å². The molecule has 1 saturated carbocycles. The van der Waals surface area contributed by atoms with Crippen LogP contribution in [0.25, 0.3) is 0 Å². The molecule has 2 rings (SSSR count). The predicted octanol–water partition coefficient (Wildman–Crippen LogP) is 3.21. The van der Waals surface area contributed by atoms with Crippen molar-refractivity contribution in [1.82, 2.24) is 5.32 Å². The SMILES string of the molecule is CC1(C)CCCC(NCc2ccc(C#N)o2)C1. The van der Waals surface area contributed by atoms with E-state index in [9.17, 15) is 0 Å². The number of rotatable bonds is 3. The second kappa shape index (κ2) is 4.93. The van der Waals surface area contributed by atoms with E-state index in [0.29, 0.717) is 17.2 Å². The molecule has 1 aromatic heterocycles. The minimum atomic E-state index is 0.394. The number of nitrogens with one attached hydrogen (secondary N) is 1. The molecular weight excluding hydrogens is 212 g/mol. The summed E-state index contributed by atoms with van der Waals surface area (Å²) in [6.07, 6.45) is 5.09. The lowest BCUT2D eigenvalue weighted by molar-refractivity contribution is 0.195. The molecule has 1 atom stereocenters. The predicted molar refractivity (Wildman–Crippen MR) is 66.3 cm³/mol. The molecule has 92 valence electrons. The fourth-order valence-electron chi connectivity index (χ4n) is 2.65. The van der Waals surface area contributed by atoms with E-state index < -0.39 is 0 Å². The first-order valence-corrected chi connectivity index (χ1v) is 6.31. The minimum Gasteiger partial charge on any atom is -0.449 e. The molecule has 0 spiro atoms. The lowest BCUT2D eigenvalue weighted by Gasteiger charge is -2.35. The van der Waals surface area contributed by atoms with Crippen LogP contribution < -0.4 is 5.32 Å². The first kappa shape index (κ1) is 12.2. The van der Waals surface area contributed by atoms with E-state index in [0.717, 1.165) is 12.3 Å². The summed E-state index contributed by atoms with van der Waals surface area (Å²) >= 11 is 0. The third-order valence-corrected chi connectivity index (χ3v) is 3.54. The molecule has 0 amide bonds. The van der Waals surface area contributed by atoms with Gasteiger partial charge in [-0.15, -0.1) is 0 Å². The summed E-state index contributed by atoms with van der Waals surface area (Å²) in [5.41, 5.74) is 0.455. The van der Waals surface area contributed by atoms with Crippen molar-refractivity contribution in [1.29, 1.82) is 5.26 Å². The Morgan fingerprint density at radius 2 is 2.35 bits per heavy atom. The Morgan fingerprint density at radius 1 is 1.53 bits per heavy atom. The number of nitriles is 1. The van der Waals surface area contributed by atoms with Crippen LogP contribution in [0.5, 0.6) is 0 Å². The smallest absolute Gasteiger partial charge is 0.203 e. The van der Waals surface area contributed by atoms with E-state index in [1.807, 2.05) is 12.1 Å². The van der Waals surface area contributed by atoms with Gasteiger partial charge >= 0.3 is 0 Å². The zero-order valence-corrected chi connectivity index (χ0v) is 10.6. The van der Waals surface area contributed by atoms with Gasteiger partial charge in [0, 0.05) is 6.04 Å². The van der Waals surface area contributed by atoms with Gasteiger partial charge in [0.1, 0.15) is 11.8 Å². The Labute approximate surface area is 103 Å². The highest BCUT2D eigenvalue weighted by Crippen LogP contribution is 2.35. The van der Waals surface area contributed by atoms with Gasteiger partial charge in [0.2, 0.25) is 5.76 Å². The molecule has 1 aliphatic rings. The van der Waals surface area contributed by atoms with E-state index in [2.05, 4.69) is 19.2 Å². The van der Waals surface area contributed by atoms with Crippen LogP contribution in [0.15, 0.2) is 16.5 Å². The second-order valence-electron chi connectivity index (χ2n) is 5.72. The van der Waals surface area contributed by atoms with Crippen molar-refractivity contribution in [2.75, 3.05) is 0 Å². The van der Waals surface area contributed by atoms with Gasteiger partial charge in [0.05, 0.1) is 6.54 Å². The number of hydrogen-bond donors (Lipinski definition) is 1. The lowest BCUT2D eigenvalue weighted by Crippen LogP contribution is -2.36. The number of furan rings is 1. The van der Waals surface area contributed by atoms with Crippen LogP contribution in [0, 0.1) is 16.7 Å². The highest BCUT2D eigenvalue weighted by molar-refractivity contribution is 5.19. The molecule has 0 bridgehead atoms. The zero-order valence-electron chi connectivity index (χ0n) is 10.6. The molecule has 3 heteroatoms. The molecule has 1 N–H and O–H groups in total. The standard InChI is InChI=1S/C14H20N2O/c1-14(2)7-3-4-11(8-14)16-10-13-6-5-12(9-15)17-13/h5-6,11,16H,3-4,7-8,10H2,1-2H3. The van der Waals surface area contributed by atoms with Gasteiger partial charge in [-0.1, -0.05) is 20.3 Å². The summed E-state index contributed by atoms with van der Waals surface area (Å²) in [4.78, 5) is 0. The van der Waals surface area contributed by atoms with Gasteiger partial charge in [-0.3, -0.25) is 0 Å². The molecule has 1 heterocycles. The Hall–Kier alpha value is -1.27. The summed E-state index contributed by atoms with van der Waals surface area (Å²) < 4.78 is 5.35. The van der Waals surface area contributed by atoms with Crippen molar-refractivity contribution in [3.8, 4) is 6.07 Å². The topological polar surface area (TPSA) is 49.0 Å². The summed E-state index contributed by atoms with van der Waals surface area (Å²) in [6, 6.07) is 6.18. The van der Waals surface area contributed by atoms with Gasteiger partial charge in [-0.25, -0.2) is 0 Å². The van der Waals surface area contributed by atoms with Crippen molar-refractivity contribution in [3.05, 3.63) is 23.7 Å². The fourth-order valence-corrected chi connectivity index (χ4v) is 2.65. The molecule has 1 unspecified atom stereocenters. The Kier molecular flexibility index (Phi) is 3.54. The summed E-state index contributed by atoms with van der Waals surface area (Å²) in [5.74, 6) is 1.25. The van der Waals surface area contributed by atoms with Crippen molar-refractivity contribution in [3.63, 3.8) is 0 Å². The molecule has 3 nitrogen and oxygen atoms in total. The first-order chi connectivity index (χ1) is 8.09. The van der Waals surface area contributed by atoms with Crippen molar-refractivity contribution < 1.29 is 4.42 Å². The number of hydrogen-bond acceptors (Lipinski definition) is 3. The number of nitrogens with zero attached hydrogens (tertiary/aromatic N) is 1. The van der Waals surface area contributed by atoms with E-state index in [1.165, 1.54) is 25.7 Å². The van der Waals surface area contributed by atoms with Crippen LogP contribution in [0.2, 0.25) is 0 Å². The van der Waals surface area contributed by atoms with Crippen molar-refractivity contribution in [2.24, 2.45) is 5.41 Å². The Bertz CT molecular complexity index is 414. The normalized spacial score (nSPS) is 23.2. The van der Waals surface area contributed by atoms with Gasteiger partial charge in [-0.05, 0) is 36.8 Å². The van der Waals surface area contributed by atoms with Crippen molar-refractivity contribution >= 4 is 0 Å². The van der Waals surface area contributed by atoms with Crippen LogP contribution >= 0.6 is 0 Å². The molecule has 17 heavy (non-hydrogen) atoms. The molecule has 0 aliphatic heterocycles. The first-order valence-electron chi connectivity index (χ1n) is 6.31. The van der Waals surface area contributed by atoms with Crippen LogP contribution in [-0.4, -0.2) is 6.04 Å². The lowest BCUT2D eigenvalue weighted by atomic mass is 9.75. The molecule has 0 aromatic carbocycles. The fraction of sp³-hybridized carbons (Fsp3) is 0.643. The van der Waals surface area contributed by atoms with Gasteiger partial charge in [-0.2, -0.15) is 5.26 Å². The van der Waals surface area contributed by atoms with Crippen molar-refractivity contribution in [2.45, 2.75) is 52.1 Å². The molecule has 1 fully saturated rings. The quantitative estimate of drug-likeness (QED) is 0.870. The van der Waals surface area contributed by atoms with Gasteiger partial charge < -0.3 is 9.73 Å². The highest BCUT2D eigenvalue weighted by atomic mass is 16.3. The van der Waals surface area contributed by atoms with Gasteiger partial charge in [0.25, 0.3) is 0 Å². The van der Waals surface area contributed by atoms with E-state index >= 15 is 0 Å². The second-order valence-corrected chi connectivity index (χ2v) is 5.72. The average Bonchev–Trinajstić information content (AvgIpc) is 2.73. The zero-order chi connectivity index (χ0) is 12.3. The van der Waals surface area contributed by atoms with E-state index in [-0.39, 0.29) is 0 Å². The Balaban J connectivity index is 1.84. The molecule has 1 aliphatic carbocycles. The van der Waals surface area contributed by atoms with Crippen LogP contribution in [-0.2, 0) is 6.54 Å².